The Kier molecular flexibility index (Phi) is 7.36. The van der Waals surface area contributed by atoms with E-state index >= 15 is 0 Å². The van der Waals surface area contributed by atoms with Crippen molar-refractivity contribution in [3.63, 3.8) is 0 Å². The Labute approximate surface area is 155 Å². The molecule has 0 spiro atoms. The van der Waals surface area contributed by atoms with Crippen molar-refractivity contribution in [2.75, 3.05) is 6.54 Å². The molecular formula is C21H24N2OS. The summed E-state index contributed by atoms with van der Waals surface area (Å²) in [5, 5.41) is 3.26. The number of aryl methyl sites for hydroxylation is 1. The molecule has 25 heavy (non-hydrogen) atoms. The maximum absolute atomic E-state index is 12.1. The van der Waals surface area contributed by atoms with Gasteiger partial charge in [0.1, 0.15) is 0 Å². The molecule has 0 aliphatic carbocycles. The van der Waals surface area contributed by atoms with Crippen LogP contribution in [-0.4, -0.2) is 22.5 Å². The van der Waals surface area contributed by atoms with Gasteiger partial charge in [0.05, 0.1) is 0 Å². The van der Waals surface area contributed by atoms with Crippen LogP contribution in [-0.2, 0) is 11.3 Å². The van der Waals surface area contributed by atoms with E-state index in [1.54, 1.807) is 6.08 Å². The van der Waals surface area contributed by atoms with E-state index in [9.17, 15) is 4.79 Å². The van der Waals surface area contributed by atoms with E-state index in [0.717, 1.165) is 18.5 Å². The van der Waals surface area contributed by atoms with E-state index in [2.05, 4.69) is 24.4 Å². The van der Waals surface area contributed by atoms with Crippen molar-refractivity contribution >= 4 is 29.3 Å². The maximum atomic E-state index is 12.1. The first-order chi connectivity index (χ1) is 12.1. The van der Waals surface area contributed by atoms with Gasteiger partial charge in [-0.15, -0.1) is 0 Å². The van der Waals surface area contributed by atoms with Crippen molar-refractivity contribution in [3.8, 4) is 0 Å². The second kappa shape index (κ2) is 9.74. The average molecular weight is 353 g/mol. The standard InChI is InChI=1S/C21H24N2OS/c1-3-15-23(16-19-7-5-4-6-8-19)21(25)22-20(24)14-13-18-11-9-17(2)10-12-18/h4-14H,3,15-16H2,1-2H3,(H,22,24,25). The fourth-order valence-corrected chi connectivity index (χ4v) is 2.66. The van der Waals surface area contributed by atoms with E-state index in [4.69, 9.17) is 12.2 Å². The molecule has 0 aliphatic rings. The molecule has 1 N–H and O–H groups in total. The summed E-state index contributed by atoms with van der Waals surface area (Å²) in [6.07, 6.45) is 4.27. The fraction of sp³-hybridized carbons (Fsp3) is 0.238. The van der Waals surface area contributed by atoms with Crippen LogP contribution in [0.1, 0.15) is 30.0 Å². The topological polar surface area (TPSA) is 32.3 Å². The number of thiocarbonyl (C=S) groups is 1. The van der Waals surface area contributed by atoms with Gasteiger partial charge in [-0.1, -0.05) is 67.1 Å². The van der Waals surface area contributed by atoms with E-state index < -0.39 is 0 Å². The van der Waals surface area contributed by atoms with Gasteiger partial charge in [-0.05, 0) is 42.8 Å². The molecule has 0 radical (unpaired) electrons. The molecule has 0 fully saturated rings. The lowest BCUT2D eigenvalue weighted by Crippen LogP contribution is -2.42. The van der Waals surface area contributed by atoms with Crippen LogP contribution in [0.25, 0.3) is 6.08 Å². The zero-order chi connectivity index (χ0) is 18.1. The monoisotopic (exact) mass is 352 g/mol. The quantitative estimate of drug-likeness (QED) is 0.621. The van der Waals surface area contributed by atoms with Gasteiger partial charge in [0.15, 0.2) is 5.11 Å². The summed E-state index contributed by atoms with van der Waals surface area (Å²) in [6, 6.07) is 18.1. The number of carbonyl (C=O) groups excluding carboxylic acids is 1. The summed E-state index contributed by atoms with van der Waals surface area (Å²) in [5.41, 5.74) is 3.35. The fourth-order valence-electron chi connectivity index (χ4n) is 2.40. The molecule has 130 valence electrons. The van der Waals surface area contributed by atoms with E-state index in [0.29, 0.717) is 11.7 Å². The number of hydrogen-bond donors (Lipinski definition) is 1. The van der Waals surface area contributed by atoms with Crippen LogP contribution in [0.15, 0.2) is 60.7 Å². The number of carbonyl (C=O) groups is 1. The predicted molar refractivity (Wildman–Crippen MR) is 108 cm³/mol. The summed E-state index contributed by atoms with van der Waals surface area (Å²) in [5.74, 6) is -0.209. The zero-order valence-electron chi connectivity index (χ0n) is 14.7. The van der Waals surface area contributed by atoms with Crippen molar-refractivity contribution < 1.29 is 4.79 Å². The van der Waals surface area contributed by atoms with Gasteiger partial charge in [-0.3, -0.25) is 10.1 Å². The van der Waals surface area contributed by atoms with Crippen LogP contribution in [0.3, 0.4) is 0 Å². The molecule has 0 aliphatic heterocycles. The minimum atomic E-state index is -0.209. The summed E-state index contributed by atoms with van der Waals surface area (Å²) in [6.45, 7) is 5.62. The lowest BCUT2D eigenvalue weighted by Gasteiger charge is -2.24. The van der Waals surface area contributed by atoms with Gasteiger partial charge in [-0.2, -0.15) is 0 Å². The Morgan fingerprint density at radius 3 is 2.44 bits per heavy atom. The number of benzene rings is 2. The zero-order valence-corrected chi connectivity index (χ0v) is 15.6. The highest BCUT2D eigenvalue weighted by Gasteiger charge is 2.11. The molecule has 3 nitrogen and oxygen atoms in total. The van der Waals surface area contributed by atoms with Crippen LogP contribution in [0.5, 0.6) is 0 Å². The van der Waals surface area contributed by atoms with Gasteiger partial charge < -0.3 is 4.90 Å². The number of nitrogens with one attached hydrogen (secondary N) is 1. The summed E-state index contributed by atoms with van der Waals surface area (Å²) in [7, 11) is 0. The maximum Gasteiger partial charge on any atom is 0.250 e. The van der Waals surface area contributed by atoms with E-state index in [1.165, 1.54) is 17.2 Å². The third-order valence-electron chi connectivity index (χ3n) is 3.73. The van der Waals surface area contributed by atoms with Crippen molar-refractivity contribution in [2.24, 2.45) is 0 Å². The van der Waals surface area contributed by atoms with Crippen LogP contribution < -0.4 is 5.32 Å². The van der Waals surface area contributed by atoms with Gasteiger partial charge in [0.2, 0.25) is 5.91 Å². The minimum absolute atomic E-state index is 0.209. The number of nitrogens with zero attached hydrogens (tertiary/aromatic N) is 1. The highest BCUT2D eigenvalue weighted by atomic mass is 32.1. The SMILES string of the molecule is CCCN(Cc1ccccc1)C(=S)NC(=O)C=Cc1ccc(C)cc1. The number of hydrogen-bond acceptors (Lipinski definition) is 2. The smallest absolute Gasteiger partial charge is 0.250 e. The average Bonchev–Trinajstić information content (AvgIpc) is 2.62. The first-order valence-electron chi connectivity index (χ1n) is 8.47. The Morgan fingerprint density at radius 2 is 1.80 bits per heavy atom. The molecule has 2 aromatic rings. The molecule has 0 unspecified atom stereocenters. The highest BCUT2D eigenvalue weighted by Crippen LogP contribution is 2.07. The lowest BCUT2D eigenvalue weighted by atomic mass is 10.1. The third-order valence-corrected chi connectivity index (χ3v) is 4.09. The lowest BCUT2D eigenvalue weighted by molar-refractivity contribution is -0.115. The molecule has 0 bridgehead atoms. The molecule has 0 heterocycles. The van der Waals surface area contributed by atoms with Crippen molar-refractivity contribution in [2.45, 2.75) is 26.8 Å². The van der Waals surface area contributed by atoms with E-state index in [-0.39, 0.29) is 5.91 Å². The highest BCUT2D eigenvalue weighted by molar-refractivity contribution is 7.80. The third kappa shape index (κ3) is 6.51. The Morgan fingerprint density at radius 1 is 1.12 bits per heavy atom. The van der Waals surface area contributed by atoms with Gasteiger partial charge in [0, 0.05) is 19.2 Å². The van der Waals surface area contributed by atoms with Gasteiger partial charge in [-0.25, -0.2) is 0 Å². The van der Waals surface area contributed by atoms with Crippen LogP contribution in [0.4, 0.5) is 0 Å². The Balaban J connectivity index is 1.94. The van der Waals surface area contributed by atoms with Gasteiger partial charge in [0.25, 0.3) is 0 Å². The summed E-state index contributed by atoms with van der Waals surface area (Å²) in [4.78, 5) is 14.2. The van der Waals surface area contributed by atoms with Gasteiger partial charge >= 0.3 is 0 Å². The molecule has 1 amide bonds. The second-order valence-corrected chi connectivity index (χ2v) is 6.33. The molecule has 2 aromatic carbocycles. The Hall–Kier alpha value is -2.46. The van der Waals surface area contributed by atoms with E-state index in [1.807, 2.05) is 54.3 Å². The van der Waals surface area contributed by atoms with Crippen LogP contribution in [0, 0.1) is 6.92 Å². The summed E-state index contributed by atoms with van der Waals surface area (Å²) < 4.78 is 0. The largest absolute Gasteiger partial charge is 0.345 e. The molecular weight excluding hydrogens is 328 g/mol. The molecule has 0 aromatic heterocycles. The molecule has 0 atom stereocenters. The summed E-state index contributed by atoms with van der Waals surface area (Å²) >= 11 is 5.42. The van der Waals surface area contributed by atoms with Crippen molar-refractivity contribution in [3.05, 3.63) is 77.4 Å². The molecule has 4 heteroatoms. The van der Waals surface area contributed by atoms with Crippen LogP contribution >= 0.6 is 12.2 Å². The Bertz CT molecular complexity index is 723. The molecule has 0 saturated carbocycles. The van der Waals surface area contributed by atoms with Crippen LogP contribution in [0.2, 0.25) is 0 Å². The number of rotatable bonds is 6. The predicted octanol–water partition coefficient (Wildman–Crippen LogP) is 4.32. The minimum Gasteiger partial charge on any atom is -0.345 e. The molecule has 0 saturated heterocycles. The first kappa shape index (κ1) is 18.9. The number of amides is 1. The normalized spacial score (nSPS) is 10.6. The first-order valence-corrected chi connectivity index (χ1v) is 8.88. The second-order valence-electron chi connectivity index (χ2n) is 5.95. The molecule has 2 rings (SSSR count). The van der Waals surface area contributed by atoms with Crippen molar-refractivity contribution in [1.29, 1.82) is 0 Å². The van der Waals surface area contributed by atoms with Crippen molar-refractivity contribution in [1.82, 2.24) is 10.2 Å².